The first-order chi connectivity index (χ1) is 9.29. The van der Waals surface area contributed by atoms with Crippen LogP contribution in [0.25, 0.3) is 0 Å². The molecular formula is C13H14ClN3O2S. The summed E-state index contributed by atoms with van der Waals surface area (Å²) in [5.41, 5.74) is 7.64. The Labute approximate surface area is 122 Å². The number of hydrogen-bond acceptors (Lipinski definition) is 4. The lowest BCUT2D eigenvalue weighted by Gasteiger charge is -2.12. The zero-order valence-electron chi connectivity index (χ0n) is 11.0. The van der Waals surface area contributed by atoms with Crippen molar-refractivity contribution in [3.8, 4) is 0 Å². The third-order valence-electron chi connectivity index (χ3n) is 2.73. The third kappa shape index (κ3) is 3.02. The van der Waals surface area contributed by atoms with E-state index in [1.165, 1.54) is 18.2 Å². The molecule has 106 valence electrons. The Morgan fingerprint density at radius 2 is 1.90 bits per heavy atom. The molecule has 3 N–H and O–H groups in total. The van der Waals surface area contributed by atoms with E-state index in [0.29, 0.717) is 16.4 Å². The van der Waals surface area contributed by atoms with E-state index in [9.17, 15) is 8.42 Å². The predicted molar refractivity (Wildman–Crippen MR) is 80.4 cm³/mol. The minimum Gasteiger partial charge on any atom is -0.398 e. The van der Waals surface area contributed by atoms with Crippen LogP contribution in [0.5, 0.6) is 0 Å². The van der Waals surface area contributed by atoms with Crippen molar-refractivity contribution in [2.45, 2.75) is 18.7 Å². The number of halogens is 1. The van der Waals surface area contributed by atoms with Crippen molar-refractivity contribution in [2.75, 3.05) is 10.5 Å². The molecule has 0 radical (unpaired) electrons. The maximum atomic E-state index is 12.3. The summed E-state index contributed by atoms with van der Waals surface area (Å²) in [5.74, 6) is 0. The second-order valence-electron chi connectivity index (χ2n) is 4.37. The third-order valence-corrected chi connectivity index (χ3v) is 4.41. The van der Waals surface area contributed by atoms with Crippen molar-refractivity contribution in [3.05, 3.63) is 46.7 Å². The molecule has 1 aromatic heterocycles. The summed E-state index contributed by atoms with van der Waals surface area (Å²) in [5, 5.41) is 0.384. The van der Waals surface area contributed by atoms with Gasteiger partial charge in [0.15, 0.2) is 0 Å². The molecule has 0 saturated carbocycles. The van der Waals surface area contributed by atoms with Gasteiger partial charge in [-0.05, 0) is 44.2 Å². The molecule has 1 aromatic carbocycles. The number of pyridine rings is 1. The van der Waals surface area contributed by atoms with Gasteiger partial charge in [0.05, 0.1) is 17.1 Å². The molecule has 0 aliphatic rings. The van der Waals surface area contributed by atoms with Gasteiger partial charge in [-0.25, -0.2) is 8.42 Å². The second-order valence-corrected chi connectivity index (χ2v) is 6.46. The number of aromatic nitrogens is 1. The molecule has 0 aliphatic carbocycles. The molecule has 20 heavy (non-hydrogen) atoms. The molecule has 1 heterocycles. The van der Waals surface area contributed by atoms with Gasteiger partial charge in [0.2, 0.25) is 0 Å². The van der Waals surface area contributed by atoms with Gasteiger partial charge < -0.3 is 5.73 Å². The summed E-state index contributed by atoms with van der Waals surface area (Å²) in [6.07, 6.45) is 0. The van der Waals surface area contributed by atoms with E-state index in [2.05, 4.69) is 9.71 Å². The number of hydrogen-bond donors (Lipinski definition) is 2. The molecule has 0 saturated heterocycles. The summed E-state index contributed by atoms with van der Waals surface area (Å²) in [6.45, 7) is 3.57. The predicted octanol–water partition coefficient (Wildman–Crippen LogP) is 2.73. The fourth-order valence-corrected chi connectivity index (χ4v) is 3.17. The van der Waals surface area contributed by atoms with Crippen LogP contribution in [-0.4, -0.2) is 13.4 Å². The molecule has 5 nitrogen and oxygen atoms in total. The number of nitrogens with zero attached hydrogens (tertiary/aromatic N) is 1. The van der Waals surface area contributed by atoms with Crippen LogP contribution in [0.15, 0.2) is 35.2 Å². The maximum Gasteiger partial charge on any atom is 0.264 e. The number of aryl methyl sites for hydroxylation is 2. The highest BCUT2D eigenvalue weighted by atomic mass is 35.5. The number of anilines is 2. The van der Waals surface area contributed by atoms with Gasteiger partial charge in [-0.1, -0.05) is 11.6 Å². The number of nitrogens with one attached hydrogen (secondary N) is 1. The fourth-order valence-electron chi connectivity index (χ4n) is 1.76. The summed E-state index contributed by atoms with van der Waals surface area (Å²) < 4.78 is 27.1. The van der Waals surface area contributed by atoms with Crippen LogP contribution < -0.4 is 10.5 Å². The van der Waals surface area contributed by atoms with Crippen molar-refractivity contribution in [1.29, 1.82) is 0 Å². The zero-order valence-corrected chi connectivity index (χ0v) is 12.6. The Bertz CT molecular complexity index is 760. The van der Waals surface area contributed by atoms with Crippen LogP contribution in [-0.2, 0) is 10.0 Å². The molecule has 2 aromatic rings. The highest BCUT2D eigenvalue weighted by molar-refractivity contribution is 7.92. The lowest BCUT2D eigenvalue weighted by atomic mass is 10.3. The van der Waals surface area contributed by atoms with Crippen molar-refractivity contribution in [2.24, 2.45) is 0 Å². The Hall–Kier alpha value is -1.79. The monoisotopic (exact) mass is 311 g/mol. The van der Waals surface area contributed by atoms with E-state index >= 15 is 0 Å². The first-order valence-corrected chi connectivity index (χ1v) is 7.68. The number of benzene rings is 1. The van der Waals surface area contributed by atoms with Crippen LogP contribution in [0.2, 0.25) is 5.02 Å². The van der Waals surface area contributed by atoms with Gasteiger partial charge in [0.25, 0.3) is 10.0 Å². The van der Waals surface area contributed by atoms with E-state index < -0.39 is 10.0 Å². The minimum atomic E-state index is -3.77. The zero-order chi connectivity index (χ0) is 14.9. The average Bonchev–Trinajstić information content (AvgIpc) is 2.32. The number of rotatable bonds is 3. The fraction of sp³-hybridized carbons (Fsp3) is 0.154. The quantitative estimate of drug-likeness (QED) is 0.853. The van der Waals surface area contributed by atoms with E-state index in [4.69, 9.17) is 17.3 Å². The van der Waals surface area contributed by atoms with E-state index in [1.54, 1.807) is 19.1 Å². The lowest BCUT2D eigenvalue weighted by Crippen LogP contribution is -2.16. The van der Waals surface area contributed by atoms with Gasteiger partial charge in [-0.3, -0.25) is 9.71 Å². The van der Waals surface area contributed by atoms with Crippen molar-refractivity contribution < 1.29 is 8.42 Å². The van der Waals surface area contributed by atoms with Crippen LogP contribution in [0, 0.1) is 13.8 Å². The Morgan fingerprint density at radius 1 is 1.20 bits per heavy atom. The van der Waals surface area contributed by atoms with Crippen molar-refractivity contribution in [3.63, 3.8) is 0 Å². The number of sulfonamides is 1. The normalized spacial score (nSPS) is 11.3. The first kappa shape index (κ1) is 14.6. The van der Waals surface area contributed by atoms with Gasteiger partial charge >= 0.3 is 0 Å². The standard InChI is InChI=1S/C13H14ClN3O2S/c1-8-3-5-12(9(2)16-8)17-20(18,19)13-6-4-10(14)7-11(13)15/h3-7,17H,15H2,1-2H3. The number of nitrogens with two attached hydrogens (primary N) is 1. The molecule has 0 spiro atoms. The first-order valence-electron chi connectivity index (χ1n) is 5.82. The van der Waals surface area contributed by atoms with E-state index in [-0.39, 0.29) is 10.6 Å². The average molecular weight is 312 g/mol. The lowest BCUT2D eigenvalue weighted by molar-refractivity contribution is 0.601. The summed E-state index contributed by atoms with van der Waals surface area (Å²) in [6, 6.07) is 7.65. The molecule has 0 aliphatic heterocycles. The Kier molecular flexibility index (Phi) is 3.87. The van der Waals surface area contributed by atoms with Gasteiger partial charge in [0.1, 0.15) is 4.90 Å². The van der Waals surface area contributed by atoms with Gasteiger partial charge in [-0.2, -0.15) is 0 Å². The number of nitrogen functional groups attached to an aromatic ring is 1. The topological polar surface area (TPSA) is 85.1 Å². The molecule has 7 heteroatoms. The largest absolute Gasteiger partial charge is 0.398 e. The molecule has 0 unspecified atom stereocenters. The van der Waals surface area contributed by atoms with Crippen molar-refractivity contribution >= 4 is 33.0 Å². The van der Waals surface area contributed by atoms with E-state index in [1.807, 2.05) is 6.92 Å². The Morgan fingerprint density at radius 3 is 2.50 bits per heavy atom. The van der Waals surface area contributed by atoms with Gasteiger partial charge in [-0.15, -0.1) is 0 Å². The van der Waals surface area contributed by atoms with Crippen LogP contribution in [0.1, 0.15) is 11.4 Å². The molecule has 0 atom stereocenters. The second kappa shape index (κ2) is 5.30. The molecule has 0 bridgehead atoms. The molecule has 2 rings (SSSR count). The van der Waals surface area contributed by atoms with Crippen molar-refractivity contribution in [1.82, 2.24) is 4.98 Å². The summed E-state index contributed by atoms with van der Waals surface area (Å²) in [4.78, 5) is 4.20. The SMILES string of the molecule is Cc1ccc(NS(=O)(=O)c2ccc(Cl)cc2N)c(C)n1. The summed E-state index contributed by atoms with van der Waals surface area (Å²) in [7, 11) is -3.77. The molecular weight excluding hydrogens is 298 g/mol. The highest BCUT2D eigenvalue weighted by Gasteiger charge is 2.18. The van der Waals surface area contributed by atoms with Gasteiger partial charge in [0, 0.05) is 10.7 Å². The van der Waals surface area contributed by atoms with E-state index in [0.717, 1.165) is 5.69 Å². The molecule has 0 amide bonds. The van der Waals surface area contributed by atoms with Crippen LogP contribution in [0.4, 0.5) is 11.4 Å². The maximum absolute atomic E-state index is 12.3. The highest BCUT2D eigenvalue weighted by Crippen LogP contribution is 2.25. The van der Waals surface area contributed by atoms with Crippen LogP contribution in [0.3, 0.4) is 0 Å². The minimum absolute atomic E-state index is 0.0122. The molecule has 0 fully saturated rings. The summed E-state index contributed by atoms with van der Waals surface area (Å²) >= 11 is 5.76. The van der Waals surface area contributed by atoms with Crippen LogP contribution >= 0.6 is 11.6 Å². The smallest absolute Gasteiger partial charge is 0.264 e. The Balaban J connectivity index is 2.41.